The van der Waals surface area contributed by atoms with E-state index < -0.39 is 11.6 Å². The van der Waals surface area contributed by atoms with Gasteiger partial charge in [-0.15, -0.1) is 0 Å². The summed E-state index contributed by atoms with van der Waals surface area (Å²) in [7, 11) is 0. The molecule has 2 aliphatic rings. The summed E-state index contributed by atoms with van der Waals surface area (Å²) >= 11 is 1.78. The SMILES string of the molecule is FC(F)(F)C1(CNC2CSC2)CC1. The van der Waals surface area contributed by atoms with E-state index in [1.807, 2.05) is 0 Å². The zero-order chi connectivity index (χ0) is 9.53. The molecule has 76 valence electrons. The van der Waals surface area contributed by atoms with E-state index in [2.05, 4.69) is 5.32 Å². The summed E-state index contributed by atoms with van der Waals surface area (Å²) in [5.74, 6) is 1.93. The highest BCUT2D eigenvalue weighted by Crippen LogP contribution is 2.57. The largest absolute Gasteiger partial charge is 0.395 e. The van der Waals surface area contributed by atoms with Crippen molar-refractivity contribution in [2.75, 3.05) is 18.1 Å². The highest BCUT2D eigenvalue weighted by molar-refractivity contribution is 8.00. The lowest BCUT2D eigenvalue weighted by atomic mass is 10.1. The average Bonchev–Trinajstić information content (AvgIpc) is 2.62. The van der Waals surface area contributed by atoms with Crippen LogP contribution in [0.5, 0.6) is 0 Å². The van der Waals surface area contributed by atoms with Crippen LogP contribution in [-0.2, 0) is 0 Å². The standard InChI is InChI=1S/C8H12F3NS/c9-8(10,11)7(1-2-7)5-12-6-3-13-4-6/h6,12H,1-5H2. The minimum absolute atomic E-state index is 0.127. The fourth-order valence-electron chi connectivity index (χ4n) is 1.40. The molecule has 2 rings (SSSR count). The number of rotatable bonds is 3. The normalized spacial score (nSPS) is 27.0. The molecule has 1 saturated carbocycles. The Hall–Kier alpha value is 0.100. The number of hydrogen-bond donors (Lipinski definition) is 1. The van der Waals surface area contributed by atoms with Gasteiger partial charge in [-0.05, 0) is 12.8 Å². The van der Waals surface area contributed by atoms with Crippen molar-refractivity contribution in [2.45, 2.75) is 25.1 Å². The molecule has 0 radical (unpaired) electrons. The summed E-state index contributed by atoms with van der Waals surface area (Å²) in [5, 5.41) is 2.99. The van der Waals surface area contributed by atoms with Crippen molar-refractivity contribution in [2.24, 2.45) is 5.41 Å². The van der Waals surface area contributed by atoms with Crippen LogP contribution in [0.2, 0.25) is 0 Å². The molecular weight excluding hydrogens is 199 g/mol. The first-order valence-electron chi connectivity index (χ1n) is 4.41. The molecule has 1 aliphatic heterocycles. The van der Waals surface area contributed by atoms with Gasteiger partial charge in [-0.1, -0.05) is 0 Å². The molecule has 1 nitrogen and oxygen atoms in total. The third kappa shape index (κ3) is 1.81. The van der Waals surface area contributed by atoms with Crippen LogP contribution in [0.15, 0.2) is 0 Å². The van der Waals surface area contributed by atoms with Gasteiger partial charge in [0.2, 0.25) is 0 Å². The lowest BCUT2D eigenvalue weighted by molar-refractivity contribution is -0.185. The third-order valence-electron chi connectivity index (χ3n) is 2.82. The summed E-state index contributed by atoms with van der Waals surface area (Å²) in [6.07, 6.45) is -3.39. The quantitative estimate of drug-likeness (QED) is 0.766. The van der Waals surface area contributed by atoms with Crippen LogP contribution in [0.4, 0.5) is 13.2 Å². The molecule has 0 amide bonds. The van der Waals surface area contributed by atoms with E-state index in [0.29, 0.717) is 18.9 Å². The number of nitrogens with one attached hydrogen (secondary N) is 1. The van der Waals surface area contributed by atoms with Crippen molar-refractivity contribution in [3.8, 4) is 0 Å². The molecule has 0 aromatic heterocycles. The monoisotopic (exact) mass is 211 g/mol. The molecule has 1 heterocycles. The molecular formula is C8H12F3NS. The summed E-state index contributed by atoms with van der Waals surface area (Å²) in [6.45, 7) is 0.127. The van der Waals surface area contributed by atoms with Crippen LogP contribution in [0.1, 0.15) is 12.8 Å². The van der Waals surface area contributed by atoms with Gasteiger partial charge in [0.1, 0.15) is 0 Å². The maximum Gasteiger partial charge on any atom is 0.395 e. The highest BCUT2D eigenvalue weighted by atomic mass is 32.2. The first-order valence-corrected chi connectivity index (χ1v) is 5.57. The zero-order valence-electron chi connectivity index (χ0n) is 7.16. The number of halogens is 3. The fraction of sp³-hybridized carbons (Fsp3) is 1.00. The average molecular weight is 211 g/mol. The van der Waals surface area contributed by atoms with Gasteiger partial charge in [0.25, 0.3) is 0 Å². The van der Waals surface area contributed by atoms with Gasteiger partial charge in [-0.25, -0.2) is 0 Å². The summed E-state index contributed by atoms with van der Waals surface area (Å²) in [6, 6.07) is 0.324. The Morgan fingerprint density at radius 2 is 1.92 bits per heavy atom. The second kappa shape index (κ2) is 3.05. The summed E-state index contributed by atoms with van der Waals surface area (Å²) in [4.78, 5) is 0. The predicted octanol–water partition coefficient (Wildman–Crippen LogP) is 2.03. The van der Waals surface area contributed by atoms with Gasteiger partial charge >= 0.3 is 6.18 Å². The van der Waals surface area contributed by atoms with E-state index in [0.717, 1.165) is 11.5 Å². The van der Waals surface area contributed by atoms with E-state index in [9.17, 15) is 13.2 Å². The first kappa shape index (κ1) is 9.65. The lowest BCUT2D eigenvalue weighted by Crippen LogP contribution is -2.46. The smallest absolute Gasteiger partial charge is 0.311 e. The van der Waals surface area contributed by atoms with Gasteiger partial charge in [-0.3, -0.25) is 0 Å². The molecule has 5 heteroatoms. The van der Waals surface area contributed by atoms with Crippen LogP contribution in [0, 0.1) is 5.41 Å². The number of hydrogen-bond acceptors (Lipinski definition) is 2. The van der Waals surface area contributed by atoms with E-state index >= 15 is 0 Å². The van der Waals surface area contributed by atoms with Crippen LogP contribution in [-0.4, -0.2) is 30.3 Å². The Labute approximate surface area is 79.5 Å². The van der Waals surface area contributed by atoms with Crippen molar-refractivity contribution >= 4 is 11.8 Å². The van der Waals surface area contributed by atoms with E-state index in [1.165, 1.54) is 0 Å². The topological polar surface area (TPSA) is 12.0 Å². The Balaban J connectivity index is 1.79. The third-order valence-corrected chi connectivity index (χ3v) is 4.10. The van der Waals surface area contributed by atoms with Crippen LogP contribution >= 0.6 is 11.8 Å². The van der Waals surface area contributed by atoms with Crippen molar-refractivity contribution in [3.05, 3.63) is 0 Å². The van der Waals surface area contributed by atoms with Gasteiger partial charge in [-0.2, -0.15) is 24.9 Å². The maximum absolute atomic E-state index is 12.4. The van der Waals surface area contributed by atoms with Crippen molar-refractivity contribution in [1.82, 2.24) is 5.32 Å². The van der Waals surface area contributed by atoms with Crippen LogP contribution in [0.25, 0.3) is 0 Å². The lowest BCUT2D eigenvalue weighted by Gasteiger charge is -2.29. The molecule has 0 unspecified atom stereocenters. The van der Waals surface area contributed by atoms with E-state index in [-0.39, 0.29) is 6.54 Å². The van der Waals surface area contributed by atoms with Gasteiger partial charge in [0, 0.05) is 24.1 Å². The minimum Gasteiger partial charge on any atom is -0.311 e. The van der Waals surface area contributed by atoms with Crippen molar-refractivity contribution in [1.29, 1.82) is 0 Å². The molecule has 1 N–H and O–H groups in total. The molecule has 0 spiro atoms. The van der Waals surface area contributed by atoms with Crippen molar-refractivity contribution in [3.63, 3.8) is 0 Å². The second-order valence-corrected chi connectivity index (χ2v) is 4.97. The summed E-state index contributed by atoms with van der Waals surface area (Å²) < 4.78 is 37.3. The predicted molar refractivity (Wildman–Crippen MR) is 46.8 cm³/mol. The Morgan fingerprint density at radius 3 is 2.23 bits per heavy atom. The van der Waals surface area contributed by atoms with Gasteiger partial charge in [0.05, 0.1) is 5.41 Å². The van der Waals surface area contributed by atoms with Crippen LogP contribution < -0.4 is 5.32 Å². The van der Waals surface area contributed by atoms with Gasteiger partial charge in [0.15, 0.2) is 0 Å². The van der Waals surface area contributed by atoms with Crippen LogP contribution in [0.3, 0.4) is 0 Å². The van der Waals surface area contributed by atoms with E-state index in [1.54, 1.807) is 11.8 Å². The molecule has 0 aromatic carbocycles. The zero-order valence-corrected chi connectivity index (χ0v) is 7.97. The van der Waals surface area contributed by atoms with Gasteiger partial charge < -0.3 is 5.32 Å². The Bertz CT molecular complexity index is 196. The first-order chi connectivity index (χ1) is 6.04. The fourth-order valence-corrected chi connectivity index (χ4v) is 2.11. The maximum atomic E-state index is 12.4. The minimum atomic E-state index is -4.00. The van der Waals surface area contributed by atoms with Crippen molar-refractivity contribution < 1.29 is 13.2 Å². The molecule has 1 saturated heterocycles. The molecule has 2 fully saturated rings. The molecule has 1 aliphatic carbocycles. The number of thioether (sulfide) groups is 1. The second-order valence-electron chi connectivity index (χ2n) is 3.89. The Kier molecular flexibility index (Phi) is 2.27. The molecule has 13 heavy (non-hydrogen) atoms. The number of alkyl halides is 3. The summed E-state index contributed by atoms with van der Waals surface area (Å²) in [5.41, 5.74) is -1.37. The molecule has 0 atom stereocenters. The molecule has 0 aromatic rings. The van der Waals surface area contributed by atoms with E-state index in [4.69, 9.17) is 0 Å². The Morgan fingerprint density at radius 1 is 1.31 bits per heavy atom. The highest BCUT2D eigenvalue weighted by Gasteiger charge is 2.62. The molecule has 0 bridgehead atoms.